The van der Waals surface area contributed by atoms with Crippen LogP contribution in [0.2, 0.25) is 0 Å². The number of rotatable bonds is 5. The lowest BCUT2D eigenvalue weighted by Gasteiger charge is -2.40. The molecule has 0 saturated heterocycles. The van der Waals surface area contributed by atoms with Crippen molar-refractivity contribution < 1.29 is 0 Å². The van der Waals surface area contributed by atoms with Crippen molar-refractivity contribution in [2.24, 2.45) is 35.5 Å². The van der Waals surface area contributed by atoms with Gasteiger partial charge >= 0.3 is 0 Å². The van der Waals surface area contributed by atoms with Crippen LogP contribution in [0.5, 0.6) is 0 Å². The third kappa shape index (κ3) is 5.99. The zero-order chi connectivity index (χ0) is 20.1. The molecule has 0 aromatic rings. The third-order valence-electron chi connectivity index (χ3n) is 9.20. The largest absolute Gasteiger partial charge is 0.306 e. The van der Waals surface area contributed by atoms with Crippen LogP contribution in [0.25, 0.3) is 0 Å². The molecule has 0 aromatic carbocycles. The molecule has 4 aliphatic rings. The van der Waals surface area contributed by atoms with Gasteiger partial charge in [-0.15, -0.1) is 0 Å². The highest BCUT2D eigenvalue weighted by molar-refractivity contribution is 5.02. The maximum atomic E-state index is 2.70. The van der Waals surface area contributed by atoms with Crippen molar-refractivity contribution in [3.05, 3.63) is 24.3 Å². The summed E-state index contributed by atoms with van der Waals surface area (Å²) in [7, 11) is 4.49. The second-order valence-electron chi connectivity index (χ2n) is 11.3. The van der Waals surface area contributed by atoms with E-state index in [1.165, 1.54) is 96.3 Å². The van der Waals surface area contributed by atoms with Gasteiger partial charge in [0.15, 0.2) is 0 Å². The van der Waals surface area contributed by atoms with Gasteiger partial charge < -0.3 is 4.90 Å². The zero-order valence-corrected chi connectivity index (χ0v) is 19.4. The normalized spacial score (nSPS) is 41.8. The number of hydrogen-bond donors (Lipinski definition) is 0. The Morgan fingerprint density at radius 2 is 1.03 bits per heavy atom. The Hall–Kier alpha value is -0.560. The first-order valence-corrected chi connectivity index (χ1v) is 13.2. The van der Waals surface area contributed by atoms with E-state index in [4.69, 9.17) is 0 Å². The first-order chi connectivity index (χ1) is 14.2. The lowest BCUT2D eigenvalue weighted by atomic mass is 9.65. The van der Waals surface area contributed by atoms with Crippen LogP contribution in [0.4, 0.5) is 0 Å². The van der Waals surface area contributed by atoms with Crippen molar-refractivity contribution in [1.82, 2.24) is 4.90 Å². The Balaban J connectivity index is 1.18. The molecular weight excluding hydrogens is 350 g/mol. The minimum Gasteiger partial charge on any atom is -0.306 e. The van der Waals surface area contributed by atoms with Crippen molar-refractivity contribution in [3.8, 4) is 0 Å². The average molecular weight is 398 g/mol. The van der Waals surface area contributed by atoms with Crippen LogP contribution >= 0.6 is 0 Å². The van der Waals surface area contributed by atoms with Gasteiger partial charge in [-0.25, -0.2) is 0 Å². The number of nitrogens with zero attached hydrogens (tertiary/aromatic N) is 1. The maximum Gasteiger partial charge on any atom is 0.00895 e. The second kappa shape index (κ2) is 10.7. The fraction of sp³-hybridized carbons (Fsp3) is 0.857. The summed E-state index contributed by atoms with van der Waals surface area (Å²) in [6.07, 6.45) is 32.5. The minimum atomic E-state index is 0.829. The molecule has 1 nitrogen and oxygen atoms in total. The Labute approximate surface area is 181 Å². The monoisotopic (exact) mass is 397 g/mol. The van der Waals surface area contributed by atoms with E-state index in [2.05, 4.69) is 43.3 Å². The number of allylic oxidation sites excluding steroid dienone is 4. The molecule has 3 atom stereocenters. The SMILES string of the molecule is CN(C)C1CCC(C=CC2CCC(C=CC3CCCC4CCCCC34)CC2)CC1. The van der Waals surface area contributed by atoms with E-state index in [-0.39, 0.29) is 0 Å². The first-order valence-electron chi connectivity index (χ1n) is 13.2. The van der Waals surface area contributed by atoms with Crippen molar-refractivity contribution in [1.29, 1.82) is 0 Å². The summed E-state index contributed by atoms with van der Waals surface area (Å²) in [5.74, 6) is 5.63. The van der Waals surface area contributed by atoms with Crippen molar-refractivity contribution in [2.75, 3.05) is 14.1 Å². The summed E-state index contributed by atoms with van der Waals surface area (Å²) in [6, 6.07) is 0.829. The van der Waals surface area contributed by atoms with Gasteiger partial charge in [0.2, 0.25) is 0 Å². The van der Waals surface area contributed by atoms with Crippen LogP contribution in [0.15, 0.2) is 24.3 Å². The van der Waals surface area contributed by atoms with Gasteiger partial charge in [-0.1, -0.05) is 56.4 Å². The maximum absolute atomic E-state index is 2.70. The fourth-order valence-corrected chi connectivity index (χ4v) is 7.18. The van der Waals surface area contributed by atoms with E-state index in [9.17, 15) is 0 Å². The lowest BCUT2D eigenvalue weighted by Crippen LogP contribution is -2.31. The van der Waals surface area contributed by atoms with Crippen molar-refractivity contribution >= 4 is 0 Å². The molecule has 164 valence electrons. The Morgan fingerprint density at radius 1 is 0.517 bits per heavy atom. The summed E-state index contributed by atoms with van der Waals surface area (Å²) >= 11 is 0. The van der Waals surface area contributed by atoms with Crippen LogP contribution in [0.3, 0.4) is 0 Å². The van der Waals surface area contributed by atoms with Gasteiger partial charge in [-0.05, 0) is 114 Å². The van der Waals surface area contributed by atoms with E-state index >= 15 is 0 Å². The second-order valence-corrected chi connectivity index (χ2v) is 11.3. The van der Waals surface area contributed by atoms with Gasteiger partial charge in [0.25, 0.3) is 0 Å². The van der Waals surface area contributed by atoms with E-state index in [1.54, 1.807) is 0 Å². The molecule has 4 fully saturated rings. The van der Waals surface area contributed by atoms with Crippen LogP contribution in [0.1, 0.15) is 96.3 Å². The van der Waals surface area contributed by atoms with E-state index < -0.39 is 0 Å². The molecule has 4 rings (SSSR count). The molecule has 1 heteroatoms. The molecule has 0 amide bonds. The van der Waals surface area contributed by atoms with Crippen molar-refractivity contribution in [3.63, 3.8) is 0 Å². The molecule has 4 saturated carbocycles. The van der Waals surface area contributed by atoms with Crippen LogP contribution in [-0.4, -0.2) is 25.0 Å². The third-order valence-corrected chi connectivity index (χ3v) is 9.20. The van der Waals surface area contributed by atoms with Crippen LogP contribution in [-0.2, 0) is 0 Å². The zero-order valence-electron chi connectivity index (χ0n) is 19.4. The fourth-order valence-electron chi connectivity index (χ4n) is 7.18. The van der Waals surface area contributed by atoms with Gasteiger partial charge in [0.1, 0.15) is 0 Å². The molecule has 0 heterocycles. The molecular formula is C28H47N. The van der Waals surface area contributed by atoms with Gasteiger partial charge in [0.05, 0.1) is 0 Å². The Morgan fingerprint density at radius 3 is 1.66 bits per heavy atom. The topological polar surface area (TPSA) is 3.24 Å². The van der Waals surface area contributed by atoms with Gasteiger partial charge in [-0.2, -0.15) is 0 Å². The lowest BCUT2D eigenvalue weighted by molar-refractivity contribution is 0.129. The molecule has 3 unspecified atom stereocenters. The summed E-state index contributed by atoms with van der Waals surface area (Å²) in [5.41, 5.74) is 0. The Kier molecular flexibility index (Phi) is 7.96. The summed E-state index contributed by atoms with van der Waals surface area (Å²) < 4.78 is 0. The van der Waals surface area contributed by atoms with Gasteiger partial charge in [0, 0.05) is 6.04 Å². The van der Waals surface area contributed by atoms with Crippen LogP contribution in [0, 0.1) is 35.5 Å². The molecule has 0 aromatic heterocycles. The van der Waals surface area contributed by atoms with Gasteiger partial charge in [-0.3, -0.25) is 0 Å². The van der Waals surface area contributed by atoms with E-state index in [0.29, 0.717) is 0 Å². The predicted molar refractivity (Wildman–Crippen MR) is 126 cm³/mol. The molecule has 0 spiro atoms. The molecule has 29 heavy (non-hydrogen) atoms. The average Bonchev–Trinajstić information content (AvgIpc) is 2.77. The Bertz CT molecular complexity index is 529. The molecule has 0 N–H and O–H groups in total. The molecule has 0 bridgehead atoms. The smallest absolute Gasteiger partial charge is 0.00895 e. The molecule has 4 aliphatic carbocycles. The summed E-state index contributed by atoms with van der Waals surface area (Å²) in [6.45, 7) is 0. The molecule has 0 radical (unpaired) electrons. The highest BCUT2D eigenvalue weighted by Gasteiger charge is 2.33. The number of fused-ring (bicyclic) bond motifs is 1. The first kappa shape index (κ1) is 21.7. The predicted octanol–water partition coefficient (Wildman–Crippen LogP) is 7.63. The quantitative estimate of drug-likeness (QED) is 0.431. The summed E-state index contributed by atoms with van der Waals surface area (Å²) in [4.78, 5) is 2.43. The van der Waals surface area contributed by atoms with E-state index in [0.717, 1.165) is 41.5 Å². The minimum absolute atomic E-state index is 0.829. The summed E-state index contributed by atoms with van der Waals surface area (Å²) in [5, 5.41) is 0. The van der Waals surface area contributed by atoms with Crippen molar-refractivity contribution in [2.45, 2.75) is 102 Å². The highest BCUT2D eigenvalue weighted by atomic mass is 15.1. The standard InChI is InChI=1S/C28H47N/c1-29(2)27-20-17-24(18-21-27)15-12-22-10-13-23(14-11-22)16-19-26-8-5-7-25-6-3-4-9-28(25)26/h12,15-16,19,22-28H,3-11,13-14,17-18,20-21H2,1-2H3. The molecule has 0 aliphatic heterocycles. The van der Waals surface area contributed by atoms with Crippen LogP contribution < -0.4 is 0 Å². The number of hydrogen-bond acceptors (Lipinski definition) is 1. The highest BCUT2D eigenvalue weighted by Crippen LogP contribution is 2.44. The van der Waals surface area contributed by atoms with E-state index in [1.807, 2.05) is 0 Å².